The first-order valence-corrected chi connectivity index (χ1v) is 9.16. The lowest BCUT2D eigenvalue weighted by Gasteiger charge is -2.11. The van der Waals surface area contributed by atoms with E-state index in [0.29, 0.717) is 11.3 Å². The quantitative estimate of drug-likeness (QED) is 0.736. The van der Waals surface area contributed by atoms with Crippen LogP contribution in [0, 0.1) is 5.82 Å². The van der Waals surface area contributed by atoms with Gasteiger partial charge in [0.15, 0.2) is 0 Å². The highest BCUT2D eigenvalue weighted by Crippen LogP contribution is 2.13. The maximum absolute atomic E-state index is 13.2. The van der Waals surface area contributed by atoms with Crippen LogP contribution in [-0.2, 0) is 16.6 Å². The minimum absolute atomic E-state index is 0.0245. The predicted octanol–water partition coefficient (Wildman–Crippen LogP) is 2.83. The molecule has 0 saturated carbocycles. The minimum Gasteiger partial charge on any atom is -0.336 e. The number of hydrogen-bond acceptors (Lipinski definition) is 3. The molecule has 0 bridgehead atoms. The number of carbonyl (C=O) groups excluding carboxylic acids is 1. The van der Waals surface area contributed by atoms with Crippen LogP contribution in [0.5, 0.6) is 0 Å². The molecule has 25 heavy (non-hydrogen) atoms. The summed E-state index contributed by atoms with van der Waals surface area (Å²) in [5.41, 5.74) is 1.30. The Morgan fingerprint density at radius 2 is 1.80 bits per heavy atom. The zero-order valence-corrected chi connectivity index (χ0v) is 14.7. The molecule has 0 aliphatic carbocycles. The number of rotatable bonds is 6. The Bertz CT molecular complexity index is 836. The number of urea groups is 1. The van der Waals surface area contributed by atoms with Crippen LogP contribution >= 0.6 is 0 Å². The third-order valence-corrected chi connectivity index (χ3v) is 4.60. The molecule has 6 nitrogen and oxygen atoms in total. The molecule has 8 heteroatoms. The van der Waals surface area contributed by atoms with Crippen LogP contribution in [-0.4, -0.2) is 20.5 Å². The summed E-state index contributed by atoms with van der Waals surface area (Å²) in [6.07, 6.45) is 0. The number of benzene rings is 2. The molecule has 0 aliphatic rings. The van der Waals surface area contributed by atoms with Crippen LogP contribution in [0.3, 0.4) is 0 Å². The molecule has 0 atom stereocenters. The first-order valence-electron chi connectivity index (χ1n) is 7.68. The number of hydrogen-bond donors (Lipinski definition) is 3. The Morgan fingerprint density at radius 3 is 2.40 bits per heavy atom. The molecular weight excluding hydrogens is 345 g/mol. The van der Waals surface area contributed by atoms with E-state index in [4.69, 9.17) is 0 Å². The Labute approximate surface area is 146 Å². The van der Waals surface area contributed by atoms with Gasteiger partial charge in [-0.15, -0.1) is 0 Å². The molecular formula is C17H20FN3O3S. The van der Waals surface area contributed by atoms with Gasteiger partial charge in [-0.05, 0) is 49.7 Å². The molecule has 2 amide bonds. The molecule has 2 aromatic rings. The number of carbonyl (C=O) groups is 1. The Balaban J connectivity index is 1.96. The molecule has 0 heterocycles. The summed E-state index contributed by atoms with van der Waals surface area (Å²) in [5, 5.41) is 5.38. The molecule has 2 rings (SSSR count). The van der Waals surface area contributed by atoms with E-state index in [2.05, 4.69) is 15.4 Å². The summed E-state index contributed by atoms with van der Waals surface area (Å²) < 4.78 is 39.8. The molecule has 134 valence electrons. The van der Waals surface area contributed by atoms with Gasteiger partial charge in [0.1, 0.15) is 5.82 Å². The van der Waals surface area contributed by atoms with Crippen molar-refractivity contribution in [1.82, 2.24) is 10.0 Å². The number of anilines is 1. The van der Waals surface area contributed by atoms with Gasteiger partial charge in [-0.2, -0.15) is 0 Å². The Hall–Kier alpha value is -2.45. The zero-order chi connectivity index (χ0) is 18.4. The van der Waals surface area contributed by atoms with Crippen molar-refractivity contribution in [2.75, 3.05) is 5.32 Å². The average molecular weight is 365 g/mol. The van der Waals surface area contributed by atoms with Crippen molar-refractivity contribution < 1.29 is 17.6 Å². The predicted molar refractivity (Wildman–Crippen MR) is 94.2 cm³/mol. The van der Waals surface area contributed by atoms with Crippen molar-refractivity contribution in [2.45, 2.75) is 31.3 Å². The van der Waals surface area contributed by atoms with Gasteiger partial charge in [0.05, 0.1) is 4.90 Å². The van der Waals surface area contributed by atoms with Gasteiger partial charge in [-0.3, -0.25) is 0 Å². The first-order chi connectivity index (χ1) is 11.8. The molecule has 0 spiro atoms. The third kappa shape index (κ3) is 5.84. The maximum Gasteiger partial charge on any atom is 0.319 e. The smallest absolute Gasteiger partial charge is 0.319 e. The van der Waals surface area contributed by atoms with Crippen molar-refractivity contribution in [3.8, 4) is 0 Å². The molecule has 2 aromatic carbocycles. The lowest BCUT2D eigenvalue weighted by atomic mass is 10.2. The SMILES string of the molecule is CC(C)NC(=O)Nc1ccc(CNS(=O)(=O)c2cccc(F)c2)cc1. The number of sulfonamides is 1. The van der Waals surface area contributed by atoms with Gasteiger partial charge in [0.25, 0.3) is 0 Å². The van der Waals surface area contributed by atoms with E-state index < -0.39 is 15.8 Å². The number of amides is 2. The van der Waals surface area contributed by atoms with E-state index >= 15 is 0 Å². The average Bonchev–Trinajstić information content (AvgIpc) is 2.53. The van der Waals surface area contributed by atoms with E-state index in [-0.39, 0.29) is 23.5 Å². The maximum atomic E-state index is 13.2. The van der Waals surface area contributed by atoms with Crippen LogP contribution in [0.25, 0.3) is 0 Å². The van der Waals surface area contributed by atoms with E-state index in [0.717, 1.165) is 6.07 Å². The Kier molecular flexibility index (Phi) is 6.11. The highest BCUT2D eigenvalue weighted by atomic mass is 32.2. The fourth-order valence-corrected chi connectivity index (χ4v) is 3.08. The summed E-state index contributed by atoms with van der Waals surface area (Å²) in [4.78, 5) is 11.5. The summed E-state index contributed by atoms with van der Waals surface area (Å²) in [6.45, 7) is 3.76. The lowest BCUT2D eigenvalue weighted by Crippen LogP contribution is -2.34. The molecule has 0 aliphatic heterocycles. The summed E-state index contributed by atoms with van der Waals surface area (Å²) in [6, 6.07) is 11.3. The van der Waals surface area contributed by atoms with E-state index in [1.807, 2.05) is 13.8 Å². The standard InChI is InChI=1S/C17H20FN3O3S/c1-12(2)20-17(22)21-15-8-6-13(7-9-15)11-19-25(23,24)16-5-3-4-14(18)10-16/h3-10,12,19H,11H2,1-2H3,(H2,20,21,22). The van der Waals surface area contributed by atoms with Gasteiger partial charge in [0.2, 0.25) is 10.0 Å². The summed E-state index contributed by atoms with van der Waals surface area (Å²) in [5.74, 6) is -0.613. The van der Waals surface area contributed by atoms with Crippen LogP contribution in [0.1, 0.15) is 19.4 Å². The lowest BCUT2D eigenvalue weighted by molar-refractivity contribution is 0.250. The van der Waals surface area contributed by atoms with Crippen LogP contribution in [0.4, 0.5) is 14.9 Å². The van der Waals surface area contributed by atoms with Gasteiger partial charge >= 0.3 is 6.03 Å². The second kappa shape index (κ2) is 8.09. The topological polar surface area (TPSA) is 87.3 Å². The second-order valence-corrected chi connectivity index (χ2v) is 7.50. The van der Waals surface area contributed by atoms with Gasteiger partial charge < -0.3 is 10.6 Å². The molecule has 0 unspecified atom stereocenters. The summed E-state index contributed by atoms with van der Waals surface area (Å²) >= 11 is 0. The van der Waals surface area contributed by atoms with Crippen molar-refractivity contribution in [3.63, 3.8) is 0 Å². The molecule has 3 N–H and O–H groups in total. The van der Waals surface area contributed by atoms with Crippen molar-refractivity contribution in [1.29, 1.82) is 0 Å². The van der Waals surface area contributed by atoms with Crippen LogP contribution in [0.15, 0.2) is 53.4 Å². The molecule has 0 fully saturated rings. The first kappa shape index (κ1) is 18.9. The van der Waals surface area contributed by atoms with Gasteiger partial charge in [-0.25, -0.2) is 22.3 Å². The van der Waals surface area contributed by atoms with Crippen molar-refractivity contribution >= 4 is 21.7 Å². The fourth-order valence-electron chi connectivity index (χ4n) is 2.03. The van der Waals surface area contributed by atoms with E-state index in [1.165, 1.54) is 18.2 Å². The normalized spacial score (nSPS) is 11.4. The highest BCUT2D eigenvalue weighted by Gasteiger charge is 2.14. The number of nitrogens with one attached hydrogen (secondary N) is 3. The fraction of sp³-hybridized carbons (Fsp3) is 0.235. The molecule has 0 radical (unpaired) electrons. The van der Waals surface area contributed by atoms with Crippen molar-refractivity contribution in [2.24, 2.45) is 0 Å². The number of halogens is 1. The van der Waals surface area contributed by atoms with E-state index in [9.17, 15) is 17.6 Å². The second-order valence-electron chi connectivity index (χ2n) is 5.73. The largest absolute Gasteiger partial charge is 0.336 e. The third-order valence-electron chi connectivity index (χ3n) is 3.20. The highest BCUT2D eigenvalue weighted by molar-refractivity contribution is 7.89. The molecule has 0 saturated heterocycles. The monoisotopic (exact) mass is 365 g/mol. The minimum atomic E-state index is -3.79. The Morgan fingerprint density at radius 1 is 1.12 bits per heavy atom. The summed E-state index contributed by atoms with van der Waals surface area (Å²) in [7, 11) is -3.79. The van der Waals surface area contributed by atoms with Crippen LogP contribution in [0.2, 0.25) is 0 Å². The van der Waals surface area contributed by atoms with E-state index in [1.54, 1.807) is 24.3 Å². The van der Waals surface area contributed by atoms with Crippen LogP contribution < -0.4 is 15.4 Å². The molecule has 0 aromatic heterocycles. The zero-order valence-electron chi connectivity index (χ0n) is 13.9. The van der Waals surface area contributed by atoms with Gasteiger partial charge in [0, 0.05) is 18.3 Å². The van der Waals surface area contributed by atoms with Gasteiger partial charge in [-0.1, -0.05) is 18.2 Å². The van der Waals surface area contributed by atoms with Crippen molar-refractivity contribution in [3.05, 3.63) is 59.9 Å².